The zero-order valence-corrected chi connectivity index (χ0v) is 12.8. The van der Waals surface area contributed by atoms with E-state index >= 15 is 0 Å². The predicted octanol–water partition coefficient (Wildman–Crippen LogP) is 4.10. The van der Waals surface area contributed by atoms with Gasteiger partial charge in [0.05, 0.1) is 5.56 Å². The molecular formula is C15H13BrN2O3. The number of nitrogens with one attached hydrogen (secondary N) is 2. The third-order valence-corrected chi connectivity index (χ3v) is 3.44. The van der Waals surface area contributed by atoms with Crippen molar-refractivity contribution in [2.45, 2.75) is 6.92 Å². The molecule has 0 aliphatic rings. The van der Waals surface area contributed by atoms with Crippen LogP contribution >= 0.6 is 15.9 Å². The lowest BCUT2D eigenvalue weighted by Crippen LogP contribution is -2.20. The number of benzene rings is 2. The molecule has 0 unspecified atom stereocenters. The lowest BCUT2D eigenvalue weighted by molar-refractivity contribution is 0.0696. The van der Waals surface area contributed by atoms with Crippen molar-refractivity contribution in [3.05, 3.63) is 58.1 Å². The summed E-state index contributed by atoms with van der Waals surface area (Å²) in [5.41, 5.74) is 1.78. The van der Waals surface area contributed by atoms with Crippen molar-refractivity contribution in [1.29, 1.82) is 0 Å². The minimum absolute atomic E-state index is 0.163. The molecule has 2 amide bonds. The molecule has 108 valence electrons. The third-order valence-electron chi connectivity index (χ3n) is 2.91. The number of aromatic carboxylic acids is 1. The van der Waals surface area contributed by atoms with Gasteiger partial charge in [-0.2, -0.15) is 0 Å². The van der Waals surface area contributed by atoms with Crippen molar-refractivity contribution in [3.63, 3.8) is 0 Å². The first-order chi connectivity index (χ1) is 9.97. The highest BCUT2D eigenvalue weighted by molar-refractivity contribution is 9.10. The standard InChI is InChI=1S/C15H13BrN2O3/c1-9-12(14(19)20)3-2-4-13(9)18-15(21)17-11-7-5-10(16)6-8-11/h2-8H,1H3,(H,19,20)(H2,17,18,21). The van der Waals surface area contributed by atoms with Crippen molar-refractivity contribution >= 4 is 39.3 Å². The van der Waals surface area contributed by atoms with Crippen molar-refractivity contribution in [2.75, 3.05) is 10.6 Å². The number of hydrogen-bond acceptors (Lipinski definition) is 2. The van der Waals surface area contributed by atoms with Crippen LogP contribution in [0.15, 0.2) is 46.9 Å². The summed E-state index contributed by atoms with van der Waals surface area (Å²) < 4.78 is 0.915. The number of anilines is 2. The van der Waals surface area contributed by atoms with E-state index in [2.05, 4.69) is 26.6 Å². The number of amides is 2. The van der Waals surface area contributed by atoms with E-state index in [9.17, 15) is 9.59 Å². The summed E-state index contributed by atoms with van der Waals surface area (Å²) in [5, 5.41) is 14.4. The molecule has 2 aromatic carbocycles. The van der Waals surface area contributed by atoms with Crippen LogP contribution in [0.1, 0.15) is 15.9 Å². The molecule has 0 aliphatic heterocycles. The fraction of sp³-hybridized carbons (Fsp3) is 0.0667. The smallest absolute Gasteiger partial charge is 0.336 e. The number of carbonyl (C=O) groups excluding carboxylic acids is 1. The molecule has 0 aromatic heterocycles. The van der Waals surface area contributed by atoms with Gasteiger partial charge in [0.1, 0.15) is 0 Å². The van der Waals surface area contributed by atoms with Gasteiger partial charge in [0, 0.05) is 15.8 Å². The Kier molecular flexibility index (Phi) is 4.59. The summed E-state index contributed by atoms with van der Waals surface area (Å²) in [6, 6.07) is 11.4. The van der Waals surface area contributed by atoms with Gasteiger partial charge in [-0.15, -0.1) is 0 Å². The molecule has 2 aromatic rings. The summed E-state index contributed by atoms with van der Waals surface area (Å²) in [5.74, 6) is -1.02. The van der Waals surface area contributed by atoms with Gasteiger partial charge in [0.2, 0.25) is 0 Å². The van der Waals surface area contributed by atoms with E-state index in [4.69, 9.17) is 5.11 Å². The van der Waals surface area contributed by atoms with E-state index in [-0.39, 0.29) is 5.56 Å². The van der Waals surface area contributed by atoms with Crippen LogP contribution in [-0.4, -0.2) is 17.1 Å². The molecule has 0 heterocycles. The molecule has 0 radical (unpaired) electrons. The van der Waals surface area contributed by atoms with Crippen molar-refractivity contribution in [2.24, 2.45) is 0 Å². The maximum Gasteiger partial charge on any atom is 0.336 e. The molecule has 0 saturated carbocycles. The van der Waals surface area contributed by atoms with Gasteiger partial charge in [0.15, 0.2) is 0 Å². The molecule has 0 aliphatic carbocycles. The average Bonchev–Trinajstić information content (AvgIpc) is 2.43. The Hall–Kier alpha value is -2.34. The lowest BCUT2D eigenvalue weighted by Gasteiger charge is -2.11. The first kappa shape index (κ1) is 15.1. The lowest BCUT2D eigenvalue weighted by atomic mass is 10.1. The molecule has 0 spiro atoms. The second-order valence-electron chi connectivity index (χ2n) is 4.37. The summed E-state index contributed by atoms with van der Waals surface area (Å²) in [6.45, 7) is 1.65. The molecule has 3 N–H and O–H groups in total. The Morgan fingerprint density at radius 2 is 1.71 bits per heavy atom. The van der Waals surface area contributed by atoms with Gasteiger partial charge in [-0.25, -0.2) is 9.59 Å². The fourth-order valence-electron chi connectivity index (χ4n) is 1.82. The SMILES string of the molecule is Cc1c(NC(=O)Nc2ccc(Br)cc2)cccc1C(=O)O. The Morgan fingerprint density at radius 3 is 2.33 bits per heavy atom. The highest BCUT2D eigenvalue weighted by Crippen LogP contribution is 2.20. The van der Waals surface area contributed by atoms with Crippen LogP contribution in [0.5, 0.6) is 0 Å². The monoisotopic (exact) mass is 348 g/mol. The van der Waals surface area contributed by atoms with Gasteiger partial charge < -0.3 is 15.7 Å². The molecule has 0 atom stereocenters. The van der Waals surface area contributed by atoms with Crippen LogP contribution in [0.3, 0.4) is 0 Å². The van der Waals surface area contributed by atoms with E-state index < -0.39 is 12.0 Å². The summed E-state index contributed by atoms with van der Waals surface area (Å²) in [6.07, 6.45) is 0. The maximum atomic E-state index is 11.9. The largest absolute Gasteiger partial charge is 0.478 e. The molecule has 6 heteroatoms. The fourth-order valence-corrected chi connectivity index (χ4v) is 2.08. The normalized spacial score (nSPS) is 10.0. The highest BCUT2D eigenvalue weighted by Gasteiger charge is 2.11. The number of halogens is 1. The minimum atomic E-state index is -1.02. The van der Waals surface area contributed by atoms with Crippen LogP contribution in [-0.2, 0) is 0 Å². The second-order valence-corrected chi connectivity index (χ2v) is 5.28. The van der Waals surface area contributed by atoms with Crippen LogP contribution in [0.2, 0.25) is 0 Å². The molecule has 0 bridgehead atoms. The van der Waals surface area contributed by atoms with E-state index in [0.717, 1.165) is 4.47 Å². The molecule has 0 saturated heterocycles. The molecule has 5 nitrogen and oxygen atoms in total. The van der Waals surface area contributed by atoms with Gasteiger partial charge in [0.25, 0.3) is 0 Å². The number of hydrogen-bond donors (Lipinski definition) is 3. The third kappa shape index (κ3) is 3.82. The van der Waals surface area contributed by atoms with Crippen molar-refractivity contribution in [3.8, 4) is 0 Å². The number of carboxylic acids is 1. The van der Waals surface area contributed by atoms with Gasteiger partial charge >= 0.3 is 12.0 Å². The highest BCUT2D eigenvalue weighted by atomic mass is 79.9. The first-order valence-corrected chi connectivity index (χ1v) is 6.93. The zero-order chi connectivity index (χ0) is 15.4. The maximum absolute atomic E-state index is 11.9. The van der Waals surface area contributed by atoms with E-state index in [1.54, 1.807) is 31.2 Å². The van der Waals surface area contributed by atoms with Crippen LogP contribution < -0.4 is 10.6 Å². The quantitative estimate of drug-likeness (QED) is 0.781. The summed E-state index contributed by atoms with van der Waals surface area (Å²) >= 11 is 3.31. The average molecular weight is 349 g/mol. The Balaban J connectivity index is 2.11. The Labute approximate surface area is 130 Å². The molecule has 21 heavy (non-hydrogen) atoms. The summed E-state index contributed by atoms with van der Waals surface area (Å²) in [7, 11) is 0. The predicted molar refractivity (Wildman–Crippen MR) is 84.9 cm³/mol. The molecule has 2 rings (SSSR count). The zero-order valence-electron chi connectivity index (χ0n) is 11.2. The van der Waals surface area contributed by atoms with Gasteiger partial charge in [-0.1, -0.05) is 22.0 Å². The van der Waals surface area contributed by atoms with Crippen molar-refractivity contribution in [1.82, 2.24) is 0 Å². The Bertz CT molecular complexity index is 684. The second kappa shape index (κ2) is 6.41. The summed E-state index contributed by atoms with van der Waals surface area (Å²) in [4.78, 5) is 23.0. The first-order valence-electron chi connectivity index (χ1n) is 6.14. The van der Waals surface area contributed by atoms with E-state index in [1.165, 1.54) is 6.07 Å². The van der Waals surface area contributed by atoms with Crippen LogP contribution in [0, 0.1) is 6.92 Å². The molecular weight excluding hydrogens is 336 g/mol. The van der Waals surface area contributed by atoms with Crippen LogP contribution in [0.4, 0.5) is 16.2 Å². The van der Waals surface area contributed by atoms with E-state index in [0.29, 0.717) is 16.9 Å². The number of rotatable bonds is 3. The topological polar surface area (TPSA) is 78.4 Å². The molecule has 0 fully saturated rings. The number of carbonyl (C=O) groups is 2. The minimum Gasteiger partial charge on any atom is -0.478 e. The van der Waals surface area contributed by atoms with E-state index in [1.807, 2.05) is 12.1 Å². The van der Waals surface area contributed by atoms with Gasteiger partial charge in [-0.05, 0) is 48.9 Å². The van der Waals surface area contributed by atoms with Gasteiger partial charge in [-0.3, -0.25) is 0 Å². The number of carboxylic acid groups (broad SMARTS) is 1. The van der Waals surface area contributed by atoms with Crippen LogP contribution in [0.25, 0.3) is 0 Å². The Morgan fingerprint density at radius 1 is 1.05 bits per heavy atom. The number of urea groups is 1. The van der Waals surface area contributed by atoms with Crippen molar-refractivity contribution < 1.29 is 14.7 Å².